The van der Waals surface area contributed by atoms with Crippen LogP contribution in [0.3, 0.4) is 0 Å². The first kappa shape index (κ1) is 11.9. The van der Waals surface area contributed by atoms with Gasteiger partial charge in [-0.05, 0) is 39.2 Å². The van der Waals surface area contributed by atoms with Crippen LogP contribution in [-0.4, -0.2) is 34.2 Å². The fourth-order valence-electron chi connectivity index (χ4n) is 2.79. The molecule has 2 aliphatic rings. The summed E-state index contributed by atoms with van der Waals surface area (Å²) in [6.45, 7) is 9.46. The molecule has 0 aliphatic carbocycles. The lowest BCUT2D eigenvalue weighted by Crippen LogP contribution is -2.51. The summed E-state index contributed by atoms with van der Waals surface area (Å²) in [5.74, 6) is 0. The molecule has 15 heavy (non-hydrogen) atoms. The lowest BCUT2D eigenvalue weighted by Gasteiger charge is -2.43. The van der Waals surface area contributed by atoms with Gasteiger partial charge in [0, 0.05) is 12.1 Å². The number of fused-ring (bicyclic) bond motifs is 1. The molecular weight excluding hydrogens is 301 g/mol. The standard InChI is InChI=1S/C12H20INO/c1-10-4-6-12(9-15-11(2)13)5-3-7-14(12)8-10/h11H,1,3-9H2,2H3/t11-,12?/m1/s1. The Bertz CT molecular complexity index is 254. The van der Waals surface area contributed by atoms with E-state index >= 15 is 0 Å². The Kier molecular flexibility index (Phi) is 3.73. The third-order valence-corrected chi connectivity index (χ3v) is 4.04. The van der Waals surface area contributed by atoms with E-state index in [1.807, 2.05) is 0 Å². The summed E-state index contributed by atoms with van der Waals surface area (Å²) in [7, 11) is 0. The summed E-state index contributed by atoms with van der Waals surface area (Å²) in [5.41, 5.74) is 1.75. The van der Waals surface area contributed by atoms with Crippen LogP contribution in [0.4, 0.5) is 0 Å². The molecule has 0 aromatic rings. The van der Waals surface area contributed by atoms with Crippen molar-refractivity contribution in [2.75, 3.05) is 19.7 Å². The van der Waals surface area contributed by atoms with Gasteiger partial charge in [-0.1, -0.05) is 34.7 Å². The Labute approximate surface area is 106 Å². The first-order valence-corrected chi connectivity index (χ1v) is 7.04. The Morgan fingerprint density at radius 2 is 2.40 bits per heavy atom. The number of halogens is 1. The number of ether oxygens (including phenoxy) is 1. The van der Waals surface area contributed by atoms with Crippen LogP contribution in [0.25, 0.3) is 0 Å². The molecule has 1 unspecified atom stereocenters. The summed E-state index contributed by atoms with van der Waals surface area (Å²) >= 11 is 2.33. The van der Waals surface area contributed by atoms with Crippen molar-refractivity contribution in [3.63, 3.8) is 0 Å². The highest BCUT2D eigenvalue weighted by Gasteiger charge is 2.43. The van der Waals surface area contributed by atoms with Crippen molar-refractivity contribution in [3.05, 3.63) is 12.2 Å². The zero-order chi connectivity index (χ0) is 10.9. The van der Waals surface area contributed by atoms with Gasteiger partial charge < -0.3 is 4.74 Å². The quantitative estimate of drug-likeness (QED) is 0.450. The predicted octanol–water partition coefficient (Wildman–Crippen LogP) is 2.97. The maximum Gasteiger partial charge on any atom is 0.106 e. The van der Waals surface area contributed by atoms with Gasteiger partial charge in [-0.2, -0.15) is 0 Å². The van der Waals surface area contributed by atoms with E-state index in [1.54, 1.807) is 0 Å². The van der Waals surface area contributed by atoms with Crippen LogP contribution in [0.5, 0.6) is 0 Å². The first-order valence-electron chi connectivity index (χ1n) is 5.80. The third-order valence-electron chi connectivity index (χ3n) is 3.68. The minimum Gasteiger partial charge on any atom is -0.366 e. The Hall–Kier alpha value is 0.390. The van der Waals surface area contributed by atoms with Crippen LogP contribution < -0.4 is 0 Å². The monoisotopic (exact) mass is 321 g/mol. The van der Waals surface area contributed by atoms with Gasteiger partial charge in [0.15, 0.2) is 0 Å². The molecule has 2 fully saturated rings. The van der Waals surface area contributed by atoms with Crippen molar-refractivity contribution >= 4 is 22.6 Å². The van der Waals surface area contributed by atoms with Gasteiger partial charge in [-0.25, -0.2) is 0 Å². The molecule has 0 aromatic heterocycles. The van der Waals surface area contributed by atoms with Gasteiger partial charge in [0.05, 0.1) is 6.61 Å². The molecule has 2 atom stereocenters. The van der Waals surface area contributed by atoms with Gasteiger partial charge in [0.2, 0.25) is 0 Å². The summed E-state index contributed by atoms with van der Waals surface area (Å²) < 4.78 is 6.16. The number of nitrogens with zero attached hydrogens (tertiary/aromatic N) is 1. The van der Waals surface area contributed by atoms with E-state index in [0.717, 1.165) is 13.2 Å². The van der Waals surface area contributed by atoms with Crippen LogP contribution in [0.15, 0.2) is 12.2 Å². The van der Waals surface area contributed by atoms with Crippen molar-refractivity contribution in [3.8, 4) is 0 Å². The highest BCUT2D eigenvalue weighted by molar-refractivity contribution is 14.1. The maximum absolute atomic E-state index is 5.84. The van der Waals surface area contributed by atoms with Crippen LogP contribution in [0.2, 0.25) is 0 Å². The average Bonchev–Trinajstić information content (AvgIpc) is 2.58. The largest absolute Gasteiger partial charge is 0.366 e. The Balaban J connectivity index is 2.00. The van der Waals surface area contributed by atoms with Crippen molar-refractivity contribution in [2.45, 2.75) is 42.3 Å². The normalized spacial score (nSPS) is 34.1. The molecule has 2 rings (SSSR count). The number of hydrogen-bond acceptors (Lipinski definition) is 2. The summed E-state index contributed by atoms with van der Waals surface area (Å²) in [6.07, 6.45) is 5.07. The van der Waals surface area contributed by atoms with Crippen molar-refractivity contribution in [2.24, 2.45) is 0 Å². The smallest absolute Gasteiger partial charge is 0.106 e. The van der Waals surface area contributed by atoms with Crippen molar-refractivity contribution in [1.82, 2.24) is 4.90 Å². The molecule has 2 nitrogen and oxygen atoms in total. The predicted molar refractivity (Wildman–Crippen MR) is 71.3 cm³/mol. The number of alkyl halides is 1. The van der Waals surface area contributed by atoms with Gasteiger partial charge in [0.1, 0.15) is 4.11 Å². The van der Waals surface area contributed by atoms with Crippen LogP contribution in [-0.2, 0) is 4.74 Å². The minimum absolute atomic E-state index is 0.324. The van der Waals surface area contributed by atoms with Crippen LogP contribution in [0.1, 0.15) is 32.6 Å². The molecule has 0 N–H and O–H groups in total. The minimum atomic E-state index is 0.324. The second-order valence-corrected chi connectivity index (χ2v) is 6.61. The van der Waals surface area contributed by atoms with E-state index < -0.39 is 0 Å². The lowest BCUT2D eigenvalue weighted by atomic mass is 9.86. The molecule has 0 bridgehead atoms. The molecule has 0 radical (unpaired) electrons. The topological polar surface area (TPSA) is 12.5 Å². The van der Waals surface area contributed by atoms with Crippen molar-refractivity contribution < 1.29 is 4.74 Å². The van der Waals surface area contributed by atoms with Gasteiger partial charge in [0.25, 0.3) is 0 Å². The first-order chi connectivity index (χ1) is 7.12. The number of rotatable bonds is 3. The zero-order valence-electron chi connectivity index (χ0n) is 9.47. The van der Waals surface area contributed by atoms with E-state index in [2.05, 4.69) is 41.0 Å². The lowest BCUT2D eigenvalue weighted by molar-refractivity contribution is 0.00281. The summed E-state index contributed by atoms with van der Waals surface area (Å²) in [6, 6.07) is 0. The fraction of sp³-hybridized carbons (Fsp3) is 0.833. The van der Waals surface area contributed by atoms with E-state index in [1.165, 1.54) is 37.8 Å². The van der Waals surface area contributed by atoms with Gasteiger partial charge >= 0.3 is 0 Å². The summed E-state index contributed by atoms with van der Waals surface area (Å²) in [5, 5.41) is 0. The SMILES string of the molecule is C=C1CCC2(CO[C@H](C)I)CCCN2C1. The molecule has 2 saturated heterocycles. The van der Waals surface area contributed by atoms with Gasteiger partial charge in [-0.15, -0.1) is 0 Å². The molecule has 2 aliphatic heterocycles. The molecular formula is C12H20INO. The van der Waals surface area contributed by atoms with Crippen LogP contribution >= 0.6 is 22.6 Å². The molecule has 0 amide bonds. The second kappa shape index (κ2) is 4.72. The fourth-order valence-corrected chi connectivity index (χ4v) is 2.97. The van der Waals surface area contributed by atoms with Crippen molar-refractivity contribution in [1.29, 1.82) is 0 Å². The van der Waals surface area contributed by atoms with E-state index in [0.29, 0.717) is 9.65 Å². The van der Waals surface area contributed by atoms with E-state index in [4.69, 9.17) is 4.74 Å². The molecule has 0 saturated carbocycles. The van der Waals surface area contributed by atoms with E-state index in [-0.39, 0.29) is 0 Å². The highest BCUT2D eigenvalue weighted by Crippen LogP contribution is 2.39. The molecule has 0 spiro atoms. The van der Waals surface area contributed by atoms with Gasteiger partial charge in [-0.3, -0.25) is 4.90 Å². The molecule has 86 valence electrons. The van der Waals surface area contributed by atoms with E-state index in [9.17, 15) is 0 Å². The Morgan fingerprint density at radius 1 is 1.60 bits per heavy atom. The summed E-state index contributed by atoms with van der Waals surface area (Å²) in [4.78, 5) is 2.60. The number of piperidine rings is 1. The maximum atomic E-state index is 5.84. The highest BCUT2D eigenvalue weighted by atomic mass is 127. The second-order valence-electron chi connectivity index (χ2n) is 4.85. The Morgan fingerprint density at radius 3 is 3.13 bits per heavy atom. The zero-order valence-corrected chi connectivity index (χ0v) is 11.6. The van der Waals surface area contributed by atoms with Crippen LogP contribution in [0, 0.1) is 0 Å². The third kappa shape index (κ3) is 2.56. The molecule has 2 heterocycles. The molecule has 0 aromatic carbocycles. The molecule has 3 heteroatoms. The number of hydrogen-bond donors (Lipinski definition) is 0. The average molecular weight is 321 g/mol.